The van der Waals surface area contributed by atoms with Gasteiger partial charge in [0, 0.05) is 18.2 Å². The molecule has 1 atom stereocenters. The van der Waals surface area contributed by atoms with Crippen molar-refractivity contribution in [2.75, 3.05) is 6.61 Å². The van der Waals surface area contributed by atoms with E-state index in [1.807, 2.05) is 79.7 Å². The van der Waals surface area contributed by atoms with Gasteiger partial charge in [-0.05, 0) is 36.6 Å². The summed E-state index contributed by atoms with van der Waals surface area (Å²) in [6.07, 6.45) is 2.41. The first-order valence-electron chi connectivity index (χ1n) is 9.59. The first-order chi connectivity index (χ1) is 13.8. The fourth-order valence-corrected chi connectivity index (χ4v) is 3.11. The summed E-state index contributed by atoms with van der Waals surface area (Å²) < 4.78 is 11.4. The molecule has 0 radical (unpaired) electrons. The number of rotatable bonds is 9. The molecule has 1 heterocycles. The zero-order valence-electron chi connectivity index (χ0n) is 16.1. The van der Waals surface area contributed by atoms with E-state index >= 15 is 0 Å². The standard InChI is InChI=1S/C24H25NO3/c1-2-27-24(26)16-15-23(28-18-19-10-4-3-5-11-19)21-13-7-6-12-20(21)22-14-8-9-17-25-22/h3-14,17,23H,2,15-16,18H2,1H3/t23-/m0/s1. The highest BCUT2D eigenvalue weighted by atomic mass is 16.5. The summed E-state index contributed by atoms with van der Waals surface area (Å²) in [4.78, 5) is 16.4. The molecule has 2 aromatic carbocycles. The van der Waals surface area contributed by atoms with Crippen LogP contribution >= 0.6 is 0 Å². The Morgan fingerprint density at radius 1 is 0.964 bits per heavy atom. The van der Waals surface area contributed by atoms with E-state index in [2.05, 4.69) is 4.98 Å². The summed E-state index contributed by atoms with van der Waals surface area (Å²) in [5.41, 5.74) is 4.04. The van der Waals surface area contributed by atoms with Gasteiger partial charge in [-0.25, -0.2) is 0 Å². The third-order valence-electron chi connectivity index (χ3n) is 4.46. The molecular formula is C24H25NO3. The van der Waals surface area contributed by atoms with Gasteiger partial charge in [-0.15, -0.1) is 0 Å². The largest absolute Gasteiger partial charge is 0.466 e. The minimum atomic E-state index is -0.234. The second-order valence-corrected chi connectivity index (χ2v) is 6.43. The van der Waals surface area contributed by atoms with Crippen LogP contribution in [0.4, 0.5) is 0 Å². The van der Waals surface area contributed by atoms with Crippen molar-refractivity contribution in [1.82, 2.24) is 4.98 Å². The second-order valence-electron chi connectivity index (χ2n) is 6.43. The van der Waals surface area contributed by atoms with Gasteiger partial charge in [0.2, 0.25) is 0 Å². The predicted octanol–water partition coefficient (Wildman–Crippen LogP) is 5.35. The van der Waals surface area contributed by atoms with Crippen LogP contribution in [0.5, 0.6) is 0 Å². The summed E-state index contributed by atoms with van der Waals surface area (Å²) in [6.45, 7) is 2.68. The molecule has 3 rings (SSSR count). The van der Waals surface area contributed by atoms with E-state index in [4.69, 9.17) is 9.47 Å². The molecule has 0 saturated heterocycles. The van der Waals surface area contributed by atoms with Crippen LogP contribution in [-0.2, 0) is 20.9 Å². The molecule has 4 heteroatoms. The first kappa shape index (κ1) is 19.8. The van der Waals surface area contributed by atoms with Gasteiger partial charge in [-0.3, -0.25) is 9.78 Å². The summed E-state index contributed by atoms with van der Waals surface area (Å²) >= 11 is 0. The highest BCUT2D eigenvalue weighted by Gasteiger charge is 2.19. The van der Waals surface area contributed by atoms with E-state index in [-0.39, 0.29) is 12.1 Å². The lowest BCUT2D eigenvalue weighted by Gasteiger charge is -2.21. The third-order valence-corrected chi connectivity index (χ3v) is 4.46. The van der Waals surface area contributed by atoms with Crippen molar-refractivity contribution >= 4 is 5.97 Å². The van der Waals surface area contributed by atoms with E-state index in [9.17, 15) is 4.79 Å². The van der Waals surface area contributed by atoms with E-state index in [0.717, 1.165) is 22.4 Å². The average Bonchev–Trinajstić information content (AvgIpc) is 2.75. The van der Waals surface area contributed by atoms with Crippen LogP contribution in [-0.4, -0.2) is 17.6 Å². The number of pyridine rings is 1. The van der Waals surface area contributed by atoms with Crippen LogP contribution in [0.1, 0.15) is 37.0 Å². The molecule has 0 spiro atoms. The molecule has 0 saturated carbocycles. The number of hydrogen-bond donors (Lipinski definition) is 0. The molecule has 1 aromatic heterocycles. The van der Waals surface area contributed by atoms with Crippen molar-refractivity contribution in [1.29, 1.82) is 0 Å². The topological polar surface area (TPSA) is 48.4 Å². The third kappa shape index (κ3) is 5.51. The highest BCUT2D eigenvalue weighted by molar-refractivity contribution is 5.69. The SMILES string of the molecule is CCOC(=O)CC[C@H](OCc1ccccc1)c1ccccc1-c1ccccn1. The number of carbonyl (C=O) groups is 1. The lowest BCUT2D eigenvalue weighted by Crippen LogP contribution is -2.11. The number of benzene rings is 2. The summed E-state index contributed by atoms with van der Waals surface area (Å²) in [5, 5.41) is 0. The maximum Gasteiger partial charge on any atom is 0.305 e. The minimum Gasteiger partial charge on any atom is -0.466 e. The molecule has 0 N–H and O–H groups in total. The molecule has 0 bridgehead atoms. The Kier molecular flexibility index (Phi) is 7.33. The van der Waals surface area contributed by atoms with Crippen molar-refractivity contribution in [2.24, 2.45) is 0 Å². The van der Waals surface area contributed by atoms with Gasteiger partial charge in [0.25, 0.3) is 0 Å². The molecule has 0 amide bonds. The highest BCUT2D eigenvalue weighted by Crippen LogP contribution is 2.32. The van der Waals surface area contributed by atoms with Gasteiger partial charge in [0.05, 0.1) is 25.0 Å². The summed E-state index contributed by atoms with van der Waals surface area (Å²) in [5.74, 6) is -0.203. The normalized spacial score (nSPS) is 11.8. The molecule has 0 fully saturated rings. The van der Waals surface area contributed by atoms with E-state index < -0.39 is 0 Å². The Hall–Kier alpha value is -2.98. The fraction of sp³-hybridized carbons (Fsp3) is 0.250. The van der Waals surface area contributed by atoms with E-state index in [0.29, 0.717) is 26.1 Å². The quantitative estimate of drug-likeness (QED) is 0.473. The van der Waals surface area contributed by atoms with Crippen molar-refractivity contribution < 1.29 is 14.3 Å². The second kappa shape index (κ2) is 10.4. The van der Waals surface area contributed by atoms with Crippen LogP contribution in [0, 0.1) is 0 Å². The summed E-state index contributed by atoms with van der Waals surface area (Å²) in [7, 11) is 0. The van der Waals surface area contributed by atoms with Crippen LogP contribution in [0.25, 0.3) is 11.3 Å². The maximum absolute atomic E-state index is 11.9. The zero-order chi connectivity index (χ0) is 19.6. The van der Waals surface area contributed by atoms with Gasteiger partial charge in [0.15, 0.2) is 0 Å². The van der Waals surface area contributed by atoms with Gasteiger partial charge < -0.3 is 9.47 Å². The Labute approximate surface area is 166 Å². The molecule has 0 unspecified atom stereocenters. The van der Waals surface area contributed by atoms with Gasteiger partial charge in [0.1, 0.15) is 0 Å². The van der Waals surface area contributed by atoms with E-state index in [1.54, 1.807) is 6.20 Å². The van der Waals surface area contributed by atoms with Crippen molar-refractivity contribution in [2.45, 2.75) is 32.5 Å². The number of nitrogens with zero attached hydrogens (tertiary/aromatic N) is 1. The van der Waals surface area contributed by atoms with Crippen molar-refractivity contribution in [3.05, 3.63) is 90.1 Å². The molecule has 0 aliphatic heterocycles. The molecule has 3 aromatic rings. The summed E-state index contributed by atoms with van der Waals surface area (Å²) in [6, 6.07) is 24.0. The lowest BCUT2D eigenvalue weighted by molar-refractivity contribution is -0.144. The van der Waals surface area contributed by atoms with Crippen molar-refractivity contribution in [3.8, 4) is 11.3 Å². The Bertz CT molecular complexity index is 865. The van der Waals surface area contributed by atoms with Crippen LogP contribution in [0.15, 0.2) is 79.0 Å². The monoisotopic (exact) mass is 375 g/mol. The number of carbonyl (C=O) groups excluding carboxylic acids is 1. The van der Waals surface area contributed by atoms with Crippen LogP contribution in [0.2, 0.25) is 0 Å². The molecule has 144 valence electrons. The average molecular weight is 375 g/mol. The molecule has 4 nitrogen and oxygen atoms in total. The van der Waals surface area contributed by atoms with Gasteiger partial charge >= 0.3 is 5.97 Å². The predicted molar refractivity (Wildman–Crippen MR) is 110 cm³/mol. The zero-order valence-corrected chi connectivity index (χ0v) is 16.1. The Morgan fingerprint density at radius 2 is 1.71 bits per heavy atom. The maximum atomic E-state index is 11.9. The van der Waals surface area contributed by atoms with Crippen molar-refractivity contribution in [3.63, 3.8) is 0 Å². The number of esters is 1. The molecule has 0 aliphatic carbocycles. The smallest absolute Gasteiger partial charge is 0.305 e. The molecular weight excluding hydrogens is 350 g/mol. The Balaban J connectivity index is 1.84. The van der Waals surface area contributed by atoms with Crippen LogP contribution in [0.3, 0.4) is 0 Å². The fourth-order valence-electron chi connectivity index (χ4n) is 3.11. The lowest BCUT2D eigenvalue weighted by atomic mass is 9.96. The Morgan fingerprint density at radius 3 is 2.46 bits per heavy atom. The van der Waals surface area contributed by atoms with Gasteiger partial charge in [-0.1, -0.05) is 60.7 Å². The van der Waals surface area contributed by atoms with Gasteiger partial charge in [-0.2, -0.15) is 0 Å². The molecule has 28 heavy (non-hydrogen) atoms. The number of hydrogen-bond acceptors (Lipinski definition) is 4. The number of ether oxygens (including phenoxy) is 2. The minimum absolute atomic E-state index is 0.203. The van der Waals surface area contributed by atoms with E-state index in [1.165, 1.54) is 0 Å². The number of aromatic nitrogens is 1. The van der Waals surface area contributed by atoms with Crippen LogP contribution < -0.4 is 0 Å². The molecule has 0 aliphatic rings. The first-order valence-corrected chi connectivity index (χ1v) is 9.59.